The van der Waals surface area contributed by atoms with Gasteiger partial charge in [0.2, 0.25) is 11.8 Å². The molecule has 1 aromatic carbocycles. The summed E-state index contributed by atoms with van der Waals surface area (Å²) in [4.78, 5) is 40.1. The van der Waals surface area contributed by atoms with Crippen molar-refractivity contribution >= 4 is 35.3 Å². The third-order valence-corrected chi connectivity index (χ3v) is 5.81. The maximum absolute atomic E-state index is 12.6. The Morgan fingerprint density at radius 2 is 2.11 bits per heavy atom. The quantitative estimate of drug-likeness (QED) is 0.686. The van der Waals surface area contributed by atoms with Crippen LogP contribution < -0.4 is 16.0 Å². The number of nitrogens with one attached hydrogen (secondary N) is 3. The highest BCUT2D eigenvalue weighted by Gasteiger charge is 2.44. The molecule has 0 bridgehead atoms. The fraction of sp³-hybridized carbons (Fsp3) is 0.526. The van der Waals surface area contributed by atoms with Crippen molar-refractivity contribution in [3.63, 3.8) is 0 Å². The Hall–Kier alpha value is -2.22. The molecule has 3 rings (SSSR count). The fourth-order valence-corrected chi connectivity index (χ4v) is 4.06. The van der Waals surface area contributed by atoms with E-state index in [1.54, 1.807) is 16.7 Å². The third kappa shape index (κ3) is 4.37. The minimum atomic E-state index is -0.508. The van der Waals surface area contributed by atoms with Crippen LogP contribution in [0.25, 0.3) is 0 Å². The number of rotatable bonds is 4. The van der Waals surface area contributed by atoms with Gasteiger partial charge in [-0.2, -0.15) is 0 Å². The van der Waals surface area contributed by atoms with E-state index in [-0.39, 0.29) is 29.8 Å². The van der Waals surface area contributed by atoms with Crippen molar-refractivity contribution in [2.24, 2.45) is 5.92 Å². The van der Waals surface area contributed by atoms with Crippen LogP contribution in [0, 0.1) is 5.92 Å². The smallest absolute Gasteiger partial charge is 0.319 e. The second-order valence-corrected chi connectivity index (χ2v) is 8.21. The monoisotopic (exact) mass is 390 g/mol. The Kier molecular flexibility index (Phi) is 5.94. The van der Waals surface area contributed by atoms with Gasteiger partial charge < -0.3 is 20.9 Å². The van der Waals surface area contributed by atoms with Crippen molar-refractivity contribution in [1.29, 1.82) is 0 Å². The van der Waals surface area contributed by atoms with E-state index in [9.17, 15) is 14.4 Å². The van der Waals surface area contributed by atoms with Gasteiger partial charge in [0, 0.05) is 23.2 Å². The van der Waals surface area contributed by atoms with Gasteiger partial charge in [-0.25, -0.2) is 4.79 Å². The summed E-state index contributed by atoms with van der Waals surface area (Å²) in [5.74, 6) is -0.0969. The zero-order valence-electron chi connectivity index (χ0n) is 15.8. The number of hydrogen-bond acceptors (Lipinski definition) is 4. The minimum Gasteiger partial charge on any atom is -0.342 e. The molecule has 3 N–H and O–H groups in total. The molecule has 2 aliphatic heterocycles. The highest BCUT2D eigenvalue weighted by molar-refractivity contribution is 7.98. The fourth-order valence-electron chi connectivity index (χ4n) is 3.60. The lowest BCUT2D eigenvalue weighted by molar-refractivity contribution is -0.152. The molecule has 8 heteroatoms. The molecule has 4 amide bonds. The second-order valence-electron chi connectivity index (χ2n) is 7.33. The molecule has 146 valence electrons. The average Bonchev–Trinajstić information content (AvgIpc) is 2.64. The maximum atomic E-state index is 12.6. The average molecular weight is 391 g/mol. The number of benzene rings is 1. The van der Waals surface area contributed by atoms with Gasteiger partial charge in [0.05, 0.1) is 0 Å². The highest BCUT2D eigenvalue weighted by Crippen LogP contribution is 2.24. The summed E-state index contributed by atoms with van der Waals surface area (Å²) in [5.41, 5.74) is 0.724. The van der Waals surface area contributed by atoms with Crippen molar-refractivity contribution in [2.75, 3.05) is 18.1 Å². The number of hydrogen-bond donors (Lipinski definition) is 3. The zero-order valence-corrected chi connectivity index (χ0v) is 16.6. The van der Waals surface area contributed by atoms with Gasteiger partial charge in [-0.15, -0.1) is 11.8 Å². The maximum Gasteiger partial charge on any atom is 0.319 e. The van der Waals surface area contributed by atoms with Gasteiger partial charge in [-0.3, -0.25) is 9.59 Å². The lowest BCUT2D eigenvalue weighted by Crippen LogP contribution is -2.67. The standard InChI is InChI=1S/C19H26N4O3S/c1-11(2)16-18(25)23-8-7-13(10-15(23)17(24)22-16)21-19(26)20-12-5-4-6-14(9-12)27-3/h4-6,9,11,13,15-16H,7-8,10H2,1-3H3,(H,22,24)(H2,20,21,26). The number of thioether (sulfide) groups is 1. The van der Waals surface area contributed by atoms with E-state index in [2.05, 4.69) is 16.0 Å². The Bertz CT molecular complexity index is 739. The van der Waals surface area contributed by atoms with Crippen molar-refractivity contribution in [2.45, 2.75) is 49.7 Å². The van der Waals surface area contributed by atoms with Crippen molar-refractivity contribution in [1.82, 2.24) is 15.5 Å². The van der Waals surface area contributed by atoms with E-state index in [4.69, 9.17) is 0 Å². The van der Waals surface area contributed by atoms with Crippen molar-refractivity contribution in [3.8, 4) is 0 Å². The molecule has 0 saturated carbocycles. The molecule has 0 radical (unpaired) electrons. The van der Waals surface area contributed by atoms with E-state index in [0.717, 1.165) is 10.6 Å². The molecular weight excluding hydrogens is 364 g/mol. The molecule has 0 spiro atoms. The van der Waals surface area contributed by atoms with Gasteiger partial charge in [0.1, 0.15) is 12.1 Å². The number of urea groups is 1. The van der Waals surface area contributed by atoms with Crippen LogP contribution in [0.3, 0.4) is 0 Å². The van der Waals surface area contributed by atoms with E-state index < -0.39 is 12.1 Å². The summed E-state index contributed by atoms with van der Waals surface area (Å²) >= 11 is 1.61. The number of amides is 4. The van der Waals surface area contributed by atoms with Gasteiger partial charge in [0.15, 0.2) is 0 Å². The van der Waals surface area contributed by atoms with Crippen LogP contribution in [0.15, 0.2) is 29.2 Å². The lowest BCUT2D eigenvalue weighted by Gasteiger charge is -2.44. The number of fused-ring (bicyclic) bond motifs is 1. The highest BCUT2D eigenvalue weighted by atomic mass is 32.2. The van der Waals surface area contributed by atoms with Crippen LogP contribution >= 0.6 is 11.8 Å². The Morgan fingerprint density at radius 1 is 1.33 bits per heavy atom. The van der Waals surface area contributed by atoms with Crippen LogP contribution in [-0.2, 0) is 9.59 Å². The SMILES string of the molecule is CSc1cccc(NC(=O)NC2CCN3C(=O)C(C(C)C)NC(=O)C3C2)c1. The first-order valence-corrected chi connectivity index (χ1v) is 10.4. The summed E-state index contributed by atoms with van der Waals surface area (Å²) in [5, 5.41) is 8.60. The predicted octanol–water partition coefficient (Wildman–Crippen LogP) is 2.04. The van der Waals surface area contributed by atoms with E-state index in [1.807, 2.05) is 44.4 Å². The molecule has 2 aliphatic rings. The third-order valence-electron chi connectivity index (χ3n) is 5.08. The molecule has 0 aromatic heterocycles. The summed E-state index contributed by atoms with van der Waals surface area (Å²) in [7, 11) is 0. The first-order chi connectivity index (χ1) is 12.9. The van der Waals surface area contributed by atoms with Gasteiger partial charge in [-0.05, 0) is 43.2 Å². The summed E-state index contributed by atoms with van der Waals surface area (Å²) in [6, 6.07) is 6.21. The number of nitrogens with zero attached hydrogens (tertiary/aromatic N) is 1. The number of carbonyl (C=O) groups is 3. The Balaban J connectivity index is 1.58. The van der Waals surface area contributed by atoms with Crippen LogP contribution in [0.4, 0.5) is 10.5 Å². The molecule has 2 saturated heterocycles. The number of carbonyl (C=O) groups excluding carboxylic acids is 3. The molecule has 27 heavy (non-hydrogen) atoms. The van der Waals surface area contributed by atoms with E-state index in [1.165, 1.54) is 0 Å². The molecule has 7 nitrogen and oxygen atoms in total. The zero-order chi connectivity index (χ0) is 19.6. The largest absolute Gasteiger partial charge is 0.342 e. The molecule has 3 unspecified atom stereocenters. The molecular formula is C19H26N4O3S. The summed E-state index contributed by atoms with van der Waals surface area (Å²) < 4.78 is 0. The Morgan fingerprint density at radius 3 is 2.81 bits per heavy atom. The van der Waals surface area contributed by atoms with E-state index >= 15 is 0 Å². The van der Waals surface area contributed by atoms with Crippen LogP contribution in [0.1, 0.15) is 26.7 Å². The first kappa shape index (κ1) is 19.5. The lowest BCUT2D eigenvalue weighted by atomic mass is 9.90. The first-order valence-electron chi connectivity index (χ1n) is 9.21. The van der Waals surface area contributed by atoms with Crippen molar-refractivity contribution < 1.29 is 14.4 Å². The van der Waals surface area contributed by atoms with Gasteiger partial charge in [-0.1, -0.05) is 19.9 Å². The van der Waals surface area contributed by atoms with Crippen LogP contribution in [0.5, 0.6) is 0 Å². The molecule has 0 aliphatic carbocycles. The molecule has 3 atom stereocenters. The molecule has 2 heterocycles. The van der Waals surface area contributed by atoms with Gasteiger partial charge >= 0.3 is 6.03 Å². The normalized spacial score (nSPS) is 25.0. The second kappa shape index (κ2) is 8.21. The van der Waals surface area contributed by atoms with Gasteiger partial charge in [0.25, 0.3) is 0 Å². The molecule has 1 aromatic rings. The summed E-state index contributed by atoms with van der Waals surface area (Å²) in [6.45, 7) is 4.33. The summed E-state index contributed by atoms with van der Waals surface area (Å²) in [6.07, 6.45) is 3.05. The van der Waals surface area contributed by atoms with Crippen LogP contribution in [0.2, 0.25) is 0 Å². The topological polar surface area (TPSA) is 90.5 Å². The van der Waals surface area contributed by atoms with E-state index in [0.29, 0.717) is 19.4 Å². The number of piperidine rings is 1. The minimum absolute atomic E-state index is 0.0219. The number of anilines is 1. The predicted molar refractivity (Wildman–Crippen MR) is 106 cm³/mol. The van der Waals surface area contributed by atoms with Crippen LogP contribution in [-0.4, -0.2) is 53.7 Å². The molecule has 2 fully saturated rings. The Labute approximate surface area is 163 Å². The number of piperazine rings is 1. The van der Waals surface area contributed by atoms with Crippen molar-refractivity contribution in [3.05, 3.63) is 24.3 Å².